The van der Waals surface area contributed by atoms with Crippen LogP contribution in [-0.4, -0.2) is 7.05 Å². The average molecular weight is 344 g/mol. The Morgan fingerprint density at radius 3 is 2.15 bits per heavy atom. The number of hydrogen-bond donors (Lipinski definition) is 1. The van der Waals surface area contributed by atoms with Gasteiger partial charge in [0.15, 0.2) is 0 Å². The molecule has 0 aliphatic carbocycles. The Kier molecular flexibility index (Phi) is 4.50. The highest BCUT2D eigenvalue weighted by molar-refractivity contribution is 9.10. The second-order valence-corrected chi connectivity index (χ2v) is 5.37. The molecule has 0 spiro atoms. The lowest BCUT2D eigenvalue weighted by Gasteiger charge is -2.19. The summed E-state index contributed by atoms with van der Waals surface area (Å²) in [5.41, 5.74) is 1.47. The van der Waals surface area contributed by atoms with E-state index in [9.17, 15) is 13.2 Å². The Labute approximate surface area is 123 Å². The molecule has 1 N–H and O–H groups in total. The van der Waals surface area contributed by atoms with Crippen molar-refractivity contribution in [3.05, 3.63) is 68.9 Å². The number of aryl methyl sites for hydroxylation is 1. The molecule has 2 rings (SSSR count). The summed E-state index contributed by atoms with van der Waals surface area (Å²) in [6.45, 7) is 1.89. The van der Waals surface area contributed by atoms with Crippen LogP contribution in [0.1, 0.15) is 22.7 Å². The van der Waals surface area contributed by atoms with Gasteiger partial charge in [-0.1, -0.05) is 28.1 Å². The lowest BCUT2D eigenvalue weighted by atomic mass is 9.96. The largest absolute Gasteiger partial charge is 0.309 e. The van der Waals surface area contributed by atoms with E-state index < -0.39 is 23.5 Å². The Hall–Kier alpha value is -1.33. The molecule has 0 fully saturated rings. The van der Waals surface area contributed by atoms with Crippen LogP contribution in [0, 0.1) is 24.4 Å². The first-order valence-corrected chi connectivity index (χ1v) is 6.81. The third-order valence-corrected chi connectivity index (χ3v) is 4.03. The Morgan fingerprint density at radius 1 is 1.05 bits per heavy atom. The molecule has 0 bridgehead atoms. The molecule has 0 aliphatic heterocycles. The summed E-state index contributed by atoms with van der Waals surface area (Å²) in [6, 6.07) is 6.10. The van der Waals surface area contributed by atoms with E-state index in [0.29, 0.717) is 17.7 Å². The van der Waals surface area contributed by atoms with E-state index >= 15 is 0 Å². The van der Waals surface area contributed by atoms with Crippen molar-refractivity contribution in [2.75, 3.05) is 7.05 Å². The van der Waals surface area contributed by atoms with E-state index in [2.05, 4.69) is 21.2 Å². The summed E-state index contributed by atoms with van der Waals surface area (Å²) in [7, 11) is 1.60. The van der Waals surface area contributed by atoms with Crippen LogP contribution in [0.5, 0.6) is 0 Å². The average Bonchev–Trinajstić information content (AvgIpc) is 2.37. The lowest BCUT2D eigenvalue weighted by Crippen LogP contribution is -2.20. The van der Waals surface area contributed by atoms with Crippen molar-refractivity contribution in [3.8, 4) is 0 Å². The summed E-state index contributed by atoms with van der Waals surface area (Å²) in [5.74, 6) is -2.73. The predicted octanol–water partition coefficient (Wildman–Crippen LogP) is 4.48. The number of halogens is 4. The fourth-order valence-electron chi connectivity index (χ4n) is 2.15. The molecule has 2 aromatic rings. The van der Waals surface area contributed by atoms with Crippen molar-refractivity contribution < 1.29 is 13.2 Å². The van der Waals surface area contributed by atoms with Crippen molar-refractivity contribution in [3.63, 3.8) is 0 Å². The molecule has 0 saturated carbocycles. The quantitative estimate of drug-likeness (QED) is 0.866. The molecule has 0 radical (unpaired) electrons. The van der Waals surface area contributed by atoms with E-state index in [4.69, 9.17) is 0 Å². The van der Waals surface area contributed by atoms with Crippen LogP contribution in [0.2, 0.25) is 0 Å². The SMILES string of the molecule is CNC(c1ccc(Br)c(C)c1)c1c(F)cc(F)cc1F. The van der Waals surface area contributed by atoms with Gasteiger partial charge >= 0.3 is 0 Å². The van der Waals surface area contributed by atoms with Gasteiger partial charge < -0.3 is 5.32 Å². The highest BCUT2D eigenvalue weighted by atomic mass is 79.9. The standard InChI is InChI=1S/C15H13BrF3N/c1-8-5-9(3-4-11(8)16)15(20-2)14-12(18)6-10(17)7-13(14)19/h3-7,15,20H,1-2H3. The van der Waals surface area contributed by atoms with Crippen LogP contribution in [0.3, 0.4) is 0 Å². The van der Waals surface area contributed by atoms with Gasteiger partial charge in [0, 0.05) is 22.2 Å². The molecule has 20 heavy (non-hydrogen) atoms. The maximum Gasteiger partial charge on any atom is 0.134 e. The maximum atomic E-state index is 13.9. The maximum absolute atomic E-state index is 13.9. The molecule has 1 nitrogen and oxygen atoms in total. The minimum absolute atomic E-state index is 0.185. The zero-order valence-electron chi connectivity index (χ0n) is 11.0. The van der Waals surface area contributed by atoms with Crippen LogP contribution in [0.25, 0.3) is 0 Å². The highest BCUT2D eigenvalue weighted by Gasteiger charge is 2.22. The van der Waals surface area contributed by atoms with Crippen LogP contribution in [0.4, 0.5) is 13.2 Å². The number of hydrogen-bond acceptors (Lipinski definition) is 1. The number of nitrogens with one attached hydrogen (secondary N) is 1. The molecule has 1 atom stereocenters. The molecule has 0 saturated heterocycles. The topological polar surface area (TPSA) is 12.0 Å². The van der Waals surface area contributed by atoms with Crippen molar-refractivity contribution in [2.24, 2.45) is 0 Å². The molecular weight excluding hydrogens is 331 g/mol. The molecule has 5 heteroatoms. The fraction of sp³-hybridized carbons (Fsp3) is 0.200. The van der Waals surface area contributed by atoms with Crippen LogP contribution < -0.4 is 5.32 Å². The zero-order chi connectivity index (χ0) is 14.9. The fourth-order valence-corrected chi connectivity index (χ4v) is 2.40. The van der Waals surface area contributed by atoms with Gasteiger partial charge in [0.25, 0.3) is 0 Å². The molecule has 0 heterocycles. The van der Waals surface area contributed by atoms with Gasteiger partial charge in [0.1, 0.15) is 17.5 Å². The smallest absolute Gasteiger partial charge is 0.134 e. The lowest BCUT2D eigenvalue weighted by molar-refractivity contribution is 0.500. The van der Waals surface area contributed by atoms with Gasteiger partial charge in [0.2, 0.25) is 0 Å². The van der Waals surface area contributed by atoms with Gasteiger partial charge in [-0.15, -0.1) is 0 Å². The van der Waals surface area contributed by atoms with Crippen LogP contribution in [-0.2, 0) is 0 Å². The first-order chi connectivity index (χ1) is 9.43. The minimum Gasteiger partial charge on any atom is -0.309 e. The Morgan fingerprint density at radius 2 is 1.65 bits per heavy atom. The molecule has 2 aromatic carbocycles. The summed E-state index contributed by atoms with van der Waals surface area (Å²) >= 11 is 3.38. The predicted molar refractivity (Wildman–Crippen MR) is 76.1 cm³/mol. The third kappa shape index (κ3) is 2.88. The Balaban J connectivity index is 2.55. The van der Waals surface area contributed by atoms with E-state index in [-0.39, 0.29) is 5.56 Å². The van der Waals surface area contributed by atoms with E-state index in [1.165, 1.54) is 0 Å². The van der Waals surface area contributed by atoms with Crippen molar-refractivity contribution in [2.45, 2.75) is 13.0 Å². The van der Waals surface area contributed by atoms with Gasteiger partial charge in [-0.25, -0.2) is 13.2 Å². The van der Waals surface area contributed by atoms with Gasteiger partial charge in [-0.2, -0.15) is 0 Å². The molecule has 106 valence electrons. The van der Waals surface area contributed by atoms with Gasteiger partial charge in [0.05, 0.1) is 6.04 Å². The Bertz CT molecular complexity index is 620. The van der Waals surface area contributed by atoms with Crippen molar-refractivity contribution >= 4 is 15.9 Å². The van der Waals surface area contributed by atoms with Crippen LogP contribution in [0.15, 0.2) is 34.8 Å². The summed E-state index contributed by atoms with van der Waals surface area (Å²) in [5, 5.41) is 2.86. The van der Waals surface area contributed by atoms with Crippen molar-refractivity contribution in [1.82, 2.24) is 5.32 Å². The number of benzene rings is 2. The van der Waals surface area contributed by atoms with Gasteiger partial charge in [-0.05, 0) is 31.2 Å². The van der Waals surface area contributed by atoms with E-state index in [0.717, 1.165) is 10.0 Å². The zero-order valence-corrected chi connectivity index (χ0v) is 12.6. The second-order valence-electron chi connectivity index (χ2n) is 4.51. The monoisotopic (exact) mass is 343 g/mol. The molecular formula is C15H13BrF3N. The van der Waals surface area contributed by atoms with Crippen LogP contribution >= 0.6 is 15.9 Å². The first-order valence-electron chi connectivity index (χ1n) is 6.01. The summed E-state index contributed by atoms with van der Waals surface area (Å²) < 4.78 is 41.7. The third-order valence-electron chi connectivity index (χ3n) is 3.14. The minimum atomic E-state index is -0.925. The first kappa shape index (κ1) is 15.1. The molecule has 0 aromatic heterocycles. The highest BCUT2D eigenvalue weighted by Crippen LogP contribution is 2.29. The molecule has 0 aliphatic rings. The van der Waals surface area contributed by atoms with E-state index in [1.54, 1.807) is 13.1 Å². The summed E-state index contributed by atoms with van der Waals surface area (Å²) in [6.07, 6.45) is 0. The van der Waals surface area contributed by atoms with E-state index in [1.807, 2.05) is 19.1 Å². The molecule has 0 amide bonds. The van der Waals surface area contributed by atoms with Gasteiger partial charge in [-0.3, -0.25) is 0 Å². The number of rotatable bonds is 3. The van der Waals surface area contributed by atoms with Crippen molar-refractivity contribution in [1.29, 1.82) is 0 Å². The molecule has 1 unspecified atom stereocenters. The normalized spacial score (nSPS) is 12.5. The summed E-state index contributed by atoms with van der Waals surface area (Å²) in [4.78, 5) is 0. The second kappa shape index (κ2) is 5.97.